The van der Waals surface area contributed by atoms with Crippen molar-refractivity contribution in [3.63, 3.8) is 0 Å². The average molecular weight is 480 g/mol. The zero-order valence-corrected chi connectivity index (χ0v) is 20.3. The van der Waals surface area contributed by atoms with E-state index in [0.29, 0.717) is 39.4 Å². The van der Waals surface area contributed by atoms with Gasteiger partial charge < -0.3 is 15.5 Å². The highest BCUT2D eigenvalue weighted by molar-refractivity contribution is 7.98. The maximum absolute atomic E-state index is 14.5. The minimum Gasteiger partial charge on any atom is -0.368 e. The van der Waals surface area contributed by atoms with Crippen LogP contribution < -0.4 is 15.5 Å². The van der Waals surface area contributed by atoms with Crippen molar-refractivity contribution in [3.05, 3.63) is 48.0 Å². The van der Waals surface area contributed by atoms with Crippen LogP contribution in [0.4, 0.5) is 15.8 Å². The molecule has 3 heterocycles. The first kappa shape index (κ1) is 22.5. The number of carbonyl (C=O) groups excluding carboxylic acids is 1. The van der Waals surface area contributed by atoms with E-state index in [1.165, 1.54) is 17.8 Å². The fraction of sp³-hybridized carbons (Fsp3) is 0.333. The second kappa shape index (κ2) is 8.84. The number of nitrogens with one attached hydrogen (secondary N) is 2. The van der Waals surface area contributed by atoms with Crippen LogP contribution in [0.5, 0.6) is 0 Å². The van der Waals surface area contributed by atoms with E-state index in [1.54, 1.807) is 36.3 Å². The van der Waals surface area contributed by atoms with E-state index in [1.807, 2.05) is 12.3 Å². The second-order valence-corrected chi connectivity index (χ2v) is 9.55. The maximum Gasteiger partial charge on any atom is 0.257 e. The molecule has 1 amide bonds. The number of aromatic nitrogens is 4. The zero-order valence-electron chi connectivity index (χ0n) is 19.5. The number of fused-ring (bicyclic) bond motifs is 2. The Bertz CT molecular complexity index is 1400. The molecule has 1 aliphatic rings. The summed E-state index contributed by atoms with van der Waals surface area (Å²) < 4.78 is 16.1. The Labute approximate surface area is 200 Å². The lowest BCUT2D eigenvalue weighted by molar-refractivity contribution is 0.102. The monoisotopic (exact) mass is 479 g/mol. The number of amides is 1. The highest BCUT2D eigenvalue weighted by Crippen LogP contribution is 2.31. The van der Waals surface area contributed by atoms with Crippen LogP contribution >= 0.6 is 11.8 Å². The van der Waals surface area contributed by atoms with Gasteiger partial charge in [0.25, 0.3) is 5.91 Å². The van der Waals surface area contributed by atoms with Crippen molar-refractivity contribution in [2.45, 2.75) is 31.1 Å². The molecule has 1 aliphatic heterocycles. The molecule has 1 saturated heterocycles. The Morgan fingerprint density at radius 2 is 1.97 bits per heavy atom. The first-order valence-corrected chi connectivity index (χ1v) is 12.3. The van der Waals surface area contributed by atoms with Crippen molar-refractivity contribution in [2.75, 3.05) is 29.6 Å². The molecule has 2 atom stereocenters. The largest absolute Gasteiger partial charge is 0.368 e. The Balaban J connectivity index is 1.54. The van der Waals surface area contributed by atoms with Crippen LogP contribution in [-0.4, -0.2) is 57.1 Å². The number of nitrogens with zero attached hydrogens (tertiary/aromatic N) is 5. The van der Waals surface area contributed by atoms with E-state index in [4.69, 9.17) is 0 Å². The number of piperazine rings is 1. The third-order valence-corrected chi connectivity index (χ3v) is 6.53. The molecule has 10 heteroatoms. The number of aryl methyl sites for hydroxylation is 1. The molecular weight excluding hydrogens is 453 g/mol. The molecule has 4 aromatic rings. The first-order chi connectivity index (χ1) is 16.3. The van der Waals surface area contributed by atoms with E-state index >= 15 is 0 Å². The van der Waals surface area contributed by atoms with Crippen LogP contribution in [0.15, 0.2) is 41.8 Å². The Morgan fingerprint density at radius 3 is 2.71 bits per heavy atom. The van der Waals surface area contributed by atoms with Gasteiger partial charge in [0.15, 0.2) is 11.0 Å². The highest BCUT2D eigenvalue weighted by atomic mass is 32.2. The predicted octanol–water partition coefficient (Wildman–Crippen LogP) is 3.82. The summed E-state index contributed by atoms with van der Waals surface area (Å²) >= 11 is 1.42. The van der Waals surface area contributed by atoms with Crippen molar-refractivity contribution in [1.29, 1.82) is 0 Å². The normalized spacial score (nSPS) is 18.6. The summed E-state index contributed by atoms with van der Waals surface area (Å²) in [6.07, 6.45) is 5.40. The van der Waals surface area contributed by atoms with Crippen molar-refractivity contribution in [1.82, 2.24) is 25.1 Å². The van der Waals surface area contributed by atoms with E-state index in [2.05, 4.69) is 44.4 Å². The number of rotatable bonds is 4. The molecule has 8 nitrogen and oxygen atoms in total. The summed E-state index contributed by atoms with van der Waals surface area (Å²) in [5, 5.41) is 12.5. The summed E-state index contributed by atoms with van der Waals surface area (Å²) in [5.74, 6) is -0.838. The van der Waals surface area contributed by atoms with Crippen LogP contribution in [-0.2, 0) is 7.05 Å². The third-order valence-electron chi connectivity index (χ3n) is 5.97. The van der Waals surface area contributed by atoms with Crippen LogP contribution in [0.3, 0.4) is 0 Å². The molecule has 176 valence electrons. The molecule has 5 rings (SSSR count). The van der Waals surface area contributed by atoms with Crippen molar-refractivity contribution >= 4 is 50.8 Å². The number of anilines is 2. The van der Waals surface area contributed by atoms with Crippen LogP contribution in [0.25, 0.3) is 21.8 Å². The van der Waals surface area contributed by atoms with Gasteiger partial charge in [-0.05, 0) is 44.4 Å². The molecule has 2 aromatic heterocycles. The van der Waals surface area contributed by atoms with Gasteiger partial charge in [0, 0.05) is 66.8 Å². The van der Waals surface area contributed by atoms with Gasteiger partial charge >= 0.3 is 0 Å². The third kappa shape index (κ3) is 4.19. The maximum atomic E-state index is 14.5. The summed E-state index contributed by atoms with van der Waals surface area (Å²) in [6.45, 7) is 6.01. The molecule has 2 N–H and O–H groups in total. The molecule has 2 unspecified atom stereocenters. The average Bonchev–Trinajstić information content (AvgIpc) is 3.18. The molecule has 34 heavy (non-hydrogen) atoms. The van der Waals surface area contributed by atoms with Gasteiger partial charge in [0.2, 0.25) is 0 Å². The van der Waals surface area contributed by atoms with Gasteiger partial charge in [-0.15, -0.1) is 0 Å². The van der Waals surface area contributed by atoms with E-state index < -0.39 is 5.82 Å². The quantitative estimate of drug-likeness (QED) is 0.340. The SMILES string of the molecule is CSc1ncc2c(N3CC(C)NC(C)C3)ccc(C(=O)Nc3cc(F)c4nn(C)cc4c3)c2n1. The van der Waals surface area contributed by atoms with Crippen LogP contribution in [0.2, 0.25) is 0 Å². The van der Waals surface area contributed by atoms with Gasteiger partial charge in [0.1, 0.15) is 5.52 Å². The van der Waals surface area contributed by atoms with E-state index in [0.717, 1.165) is 24.2 Å². The van der Waals surface area contributed by atoms with Gasteiger partial charge in [-0.1, -0.05) is 11.8 Å². The topological polar surface area (TPSA) is 88.0 Å². The predicted molar refractivity (Wildman–Crippen MR) is 134 cm³/mol. The van der Waals surface area contributed by atoms with Crippen molar-refractivity contribution in [2.24, 2.45) is 7.05 Å². The fourth-order valence-electron chi connectivity index (χ4n) is 4.65. The molecular formula is C24H26FN7OS. The van der Waals surface area contributed by atoms with Gasteiger partial charge in [-0.3, -0.25) is 9.48 Å². The molecule has 0 aliphatic carbocycles. The lowest BCUT2D eigenvalue weighted by atomic mass is 10.0. The van der Waals surface area contributed by atoms with Gasteiger partial charge in [-0.2, -0.15) is 5.10 Å². The molecule has 0 bridgehead atoms. The summed E-state index contributed by atoms with van der Waals surface area (Å²) in [7, 11) is 1.73. The number of benzene rings is 2. The minimum absolute atomic E-state index is 0.270. The Kier molecular flexibility index (Phi) is 5.86. The first-order valence-electron chi connectivity index (χ1n) is 11.1. The summed E-state index contributed by atoms with van der Waals surface area (Å²) in [6, 6.07) is 7.42. The van der Waals surface area contributed by atoms with Crippen LogP contribution in [0.1, 0.15) is 24.2 Å². The van der Waals surface area contributed by atoms with Crippen molar-refractivity contribution in [3.8, 4) is 0 Å². The Morgan fingerprint density at radius 1 is 1.21 bits per heavy atom. The fourth-order valence-corrected chi connectivity index (χ4v) is 4.99. The summed E-state index contributed by atoms with van der Waals surface area (Å²) in [4.78, 5) is 24.8. The van der Waals surface area contributed by atoms with Crippen molar-refractivity contribution < 1.29 is 9.18 Å². The number of hydrogen-bond acceptors (Lipinski definition) is 7. The standard InChI is InChI=1S/C24H26FN7OS/c1-13-10-32(11-14(2)27-13)20-6-5-17(22-18(20)9-26-24(29-22)34-4)23(33)28-16-7-15-12-31(3)30-21(15)19(25)8-16/h5-9,12-14,27H,10-11H2,1-4H3,(H,28,33). The molecule has 0 saturated carbocycles. The molecule has 0 spiro atoms. The molecule has 1 fully saturated rings. The summed E-state index contributed by atoms with van der Waals surface area (Å²) in [5.41, 5.74) is 2.63. The smallest absolute Gasteiger partial charge is 0.257 e. The van der Waals surface area contributed by atoms with E-state index in [-0.39, 0.29) is 11.4 Å². The number of hydrogen-bond donors (Lipinski definition) is 2. The number of halogens is 1. The Hall–Kier alpha value is -3.24. The second-order valence-electron chi connectivity index (χ2n) is 8.78. The van der Waals surface area contributed by atoms with Gasteiger partial charge in [0.05, 0.1) is 11.1 Å². The minimum atomic E-state index is -0.484. The lowest BCUT2D eigenvalue weighted by Crippen LogP contribution is -2.54. The molecule has 2 aromatic carbocycles. The lowest BCUT2D eigenvalue weighted by Gasteiger charge is -2.38. The number of carbonyl (C=O) groups is 1. The van der Waals surface area contributed by atoms with Gasteiger partial charge in [-0.25, -0.2) is 14.4 Å². The highest BCUT2D eigenvalue weighted by Gasteiger charge is 2.24. The van der Waals surface area contributed by atoms with Crippen LogP contribution in [0, 0.1) is 5.82 Å². The number of thioether (sulfide) groups is 1. The zero-order chi connectivity index (χ0) is 24.0. The molecule has 0 radical (unpaired) electrons. The van der Waals surface area contributed by atoms with E-state index in [9.17, 15) is 9.18 Å².